The van der Waals surface area contributed by atoms with Crippen LogP contribution in [0, 0.1) is 45.3 Å². The average molecular weight is 739 g/mol. The molecule has 0 bridgehead atoms. The number of fused-ring (bicyclic) bond motifs is 9. The summed E-state index contributed by atoms with van der Waals surface area (Å²) in [5, 5.41) is 39.7. The summed E-state index contributed by atoms with van der Waals surface area (Å²) in [5.74, 6) is -0.616. The number of thiophene rings is 3. The molecule has 4 aliphatic rings. The standard InChI is InChI=1S/C42H22N6O2S3/c1-41(2)25-13-28(48-34-30(20(17-45)18-46)22-10-6-8-12-24(22)36(34)50)52-37(25)39-32(41)40-38(53-39)31-26(51-40)14-27(42(31,3)4)47-33-29(19(15-43)16-44)21-9-5-7-11-23(21)35(33)49/h5-14H,1-4H3. The highest BCUT2D eigenvalue weighted by Crippen LogP contribution is 2.63. The first-order valence-corrected chi connectivity index (χ1v) is 18.9. The second-order valence-electron chi connectivity index (χ2n) is 14.0. The van der Waals surface area contributed by atoms with Crippen LogP contribution in [0.4, 0.5) is 5.00 Å². The van der Waals surface area contributed by atoms with Crippen molar-refractivity contribution in [1.29, 1.82) is 21.0 Å². The van der Waals surface area contributed by atoms with Gasteiger partial charge in [-0.25, -0.2) is 9.98 Å². The minimum Gasteiger partial charge on any atom is -0.287 e. The number of nitriles is 4. The van der Waals surface area contributed by atoms with Gasteiger partial charge in [-0.3, -0.25) is 9.59 Å². The van der Waals surface area contributed by atoms with E-state index >= 15 is 0 Å². The van der Waals surface area contributed by atoms with Crippen LogP contribution in [-0.4, -0.2) is 23.0 Å². The molecule has 0 spiro atoms. The number of carbonyl (C=O) groups excluding carboxylic acids is 2. The molecule has 3 aromatic heterocycles. The van der Waals surface area contributed by atoms with Crippen LogP contribution in [-0.2, 0) is 10.8 Å². The molecule has 0 amide bonds. The third-order valence-corrected chi connectivity index (χ3v) is 14.2. The second-order valence-corrected chi connectivity index (χ2v) is 17.1. The summed E-state index contributed by atoms with van der Waals surface area (Å²) in [6.45, 7) is 8.57. The molecule has 0 unspecified atom stereocenters. The SMILES string of the molecule is CC1(C)C(N=C2C(=O)c3ccccc3C2=C(C#N)C#N)=Cc2sc3c4c(sc3c21)-c1sc(N=C2C(=O)c3ccccc3C2=C(C#N)C#N)cc1C4(C)C. The highest BCUT2D eigenvalue weighted by atomic mass is 32.1. The van der Waals surface area contributed by atoms with Crippen LogP contribution in [0.25, 0.3) is 36.4 Å². The van der Waals surface area contributed by atoms with Crippen LogP contribution in [0.1, 0.15) is 81.1 Å². The molecule has 0 radical (unpaired) electrons. The summed E-state index contributed by atoms with van der Waals surface area (Å²) < 4.78 is 2.35. The molecule has 0 atom stereocenters. The predicted octanol–water partition coefficient (Wildman–Crippen LogP) is 9.87. The van der Waals surface area contributed by atoms with Crippen LogP contribution >= 0.6 is 34.0 Å². The molecule has 11 heteroatoms. The van der Waals surface area contributed by atoms with Crippen molar-refractivity contribution >= 4 is 88.6 Å². The van der Waals surface area contributed by atoms with Crippen molar-refractivity contribution < 1.29 is 9.59 Å². The Kier molecular flexibility index (Phi) is 6.81. The fourth-order valence-electron chi connectivity index (χ4n) is 7.94. The Hall–Kier alpha value is -6.34. The third kappa shape index (κ3) is 4.22. The summed E-state index contributed by atoms with van der Waals surface area (Å²) in [7, 11) is 0. The quantitative estimate of drug-likeness (QED) is 0.164. The van der Waals surface area contributed by atoms with Crippen molar-refractivity contribution in [2.45, 2.75) is 38.5 Å². The van der Waals surface area contributed by atoms with Gasteiger partial charge in [0.05, 0.1) is 24.9 Å². The van der Waals surface area contributed by atoms with Gasteiger partial charge in [0.2, 0.25) is 11.6 Å². The first-order valence-electron chi connectivity index (χ1n) is 16.5. The van der Waals surface area contributed by atoms with E-state index in [1.807, 2.05) is 36.4 Å². The topological polar surface area (TPSA) is 154 Å². The number of ketones is 2. The largest absolute Gasteiger partial charge is 0.287 e. The zero-order chi connectivity index (χ0) is 37.1. The summed E-state index contributed by atoms with van der Waals surface area (Å²) in [6.07, 6.45) is 2.03. The van der Waals surface area contributed by atoms with E-state index in [1.165, 1.54) is 21.6 Å². The molecule has 0 fully saturated rings. The number of carbonyl (C=O) groups is 2. The summed E-state index contributed by atoms with van der Waals surface area (Å²) in [6, 6.07) is 23.8. The third-order valence-electron chi connectivity index (χ3n) is 10.5. The van der Waals surface area contributed by atoms with E-state index in [0.717, 1.165) is 30.5 Å². The zero-order valence-corrected chi connectivity index (χ0v) is 30.9. The number of rotatable bonds is 2. The zero-order valence-electron chi connectivity index (χ0n) is 28.5. The number of nitrogens with zero attached hydrogens (tertiary/aromatic N) is 6. The normalized spacial score (nSPS) is 18.2. The average Bonchev–Trinajstić information content (AvgIpc) is 3.98. The first-order chi connectivity index (χ1) is 25.5. The van der Waals surface area contributed by atoms with Gasteiger partial charge in [0.15, 0.2) is 0 Å². The molecule has 3 heterocycles. The van der Waals surface area contributed by atoms with Gasteiger partial charge in [-0.05, 0) is 40.0 Å². The molecule has 2 aromatic carbocycles. The number of Topliss-reactive ketones (excluding diaryl/α,β-unsaturated/α-hetero) is 2. The van der Waals surface area contributed by atoms with Crippen LogP contribution < -0.4 is 0 Å². The Morgan fingerprint density at radius 3 is 1.68 bits per heavy atom. The molecule has 0 saturated carbocycles. The Morgan fingerprint density at radius 2 is 1.13 bits per heavy atom. The first kappa shape index (κ1) is 32.6. The van der Waals surface area contributed by atoms with Gasteiger partial charge in [-0.15, -0.1) is 34.0 Å². The minimum atomic E-state index is -0.585. The Labute approximate surface area is 315 Å². The lowest BCUT2D eigenvalue weighted by Gasteiger charge is -2.22. The van der Waals surface area contributed by atoms with Gasteiger partial charge in [-0.2, -0.15) is 21.0 Å². The fraction of sp³-hybridized carbons (Fsp3) is 0.143. The number of allylic oxidation sites excluding steroid dienone is 5. The molecule has 9 rings (SSSR count). The Morgan fingerprint density at radius 1 is 0.623 bits per heavy atom. The lowest BCUT2D eigenvalue weighted by Crippen LogP contribution is -2.18. The molecule has 0 saturated heterocycles. The van der Waals surface area contributed by atoms with E-state index in [9.17, 15) is 30.6 Å². The maximum atomic E-state index is 13.7. The predicted molar refractivity (Wildman–Crippen MR) is 209 cm³/mol. The van der Waals surface area contributed by atoms with Crippen molar-refractivity contribution in [2.24, 2.45) is 9.98 Å². The van der Waals surface area contributed by atoms with Crippen molar-refractivity contribution in [1.82, 2.24) is 0 Å². The van der Waals surface area contributed by atoms with Crippen molar-refractivity contribution in [2.75, 3.05) is 0 Å². The molecule has 5 aromatic rings. The smallest absolute Gasteiger partial charge is 0.212 e. The lowest BCUT2D eigenvalue weighted by atomic mass is 9.82. The van der Waals surface area contributed by atoms with Crippen LogP contribution in [0.3, 0.4) is 0 Å². The molecule has 250 valence electrons. The van der Waals surface area contributed by atoms with E-state index < -0.39 is 5.41 Å². The van der Waals surface area contributed by atoms with E-state index in [1.54, 1.807) is 71.2 Å². The molecule has 0 aliphatic heterocycles. The molecular weight excluding hydrogens is 717 g/mol. The van der Waals surface area contributed by atoms with Gasteiger partial charge >= 0.3 is 0 Å². The van der Waals surface area contributed by atoms with Gasteiger partial charge in [0, 0.05) is 38.0 Å². The number of hydrogen-bond donors (Lipinski definition) is 0. The van der Waals surface area contributed by atoms with E-state index in [4.69, 9.17) is 9.98 Å². The number of benzene rings is 2. The lowest BCUT2D eigenvalue weighted by molar-refractivity contribution is 0.106. The maximum Gasteiger partial charge on any atom is 0.212 e. The van der Waals surface area contributed by atoms with Gasteiger partial charge in [-0.1, -0.05) is 76.2 Å². The van der Waals surface area contributed by atoms with Crippen LogP contribution in [0.5, 0.6) is 0 Å². The molecule has 8 nitrogen and oxygen atoms in total. The van der Waals surface area contributed by atoms with Crippen molar-refractivity contribution in [3.63, 3.8) is 0 Å². The Bertz CT molecular complexity index is 2950. The number of hydrogen-bond acceptors (Lipinski definition) is 11. The monoisotopic (exact) mass is 738 g/mol. The van der Waals surface area contributed by atoms with E-state index in [-0.39, 0.29) is 50.7 Å². The van der Waals surface area contributed by atoms with E-state index in [0.29, 0.717) is 33.0 Å². The van der Waals surface area contributed by atoms with E-state index in [2.05, 4.69) is 27.7 Å². The molecule has 4 aliphatic carbocycles. The molecule has 53 heavy (non-hydrogen) atoms. The fourth-order valence-corrected chi connectivity index (χ4v) is 12.7. The minimum absolute atomic E-state index is 0.104. The van der Waals surface area contributed by atoms with Gasteiger partial charge < -0.3 is 0 Å². The maximum absolute atomic E-state index is 13.7. The highest BCUT2D eigenvalue weighted by molar-refractivity contribution is 7.33. The van der Waals surface area contributed by atoms with Gasteiger partial charge in [0.25, 0.3) is 0 Å². The summed E-state index contributed by atoms with van der Waals surface area (Å²) in [4.78, 5) is 40.3. The van der Waals surface area contributed by atoms with Crippen molar-refractivity contribution in [3.05, 3.63) is 115 Å². The van der Waals surface area contributed by atoms with Gasteiger partial charge in [0.1, 0.15) is 51.8 Å². The summed E-state index contributed by atoms with van der Waals surface area (Å²) in [5.41, 5.74) is 5.62. The second kappa shape index (κ2) is 11.1. The molecule has 0 N–H and O–H groups in total. The highest BCUT2D eigenvalue weighted by Gasteiger charge is 2.46. The Balaban J connectivity index is 1.14. The summed E-state index contributed by atoms with van der Waals surface area (Å²) >= 11 is 4.92. The molecular formula is C42H22N6O2S3. The van der Waals surface area contributed by atoms with Crippen LogP contribution in [0.15, 0.2) is 81.4 Å². The van der Waals surface area contributed by atoms with Crippen LogP contribution in [0.2, 0.25) is 0 Å². The van der Waals surface area contributed by atoms with Crippen molar-refractivity contribution in [3.8, 4) is 34.0 Å². The number of aliphatic imine (C=N–C) groups is 2.